The van der Waals surface area contributed by atoms with Crippen molar-refractivity contribution in [1.82, 2.24) is 0 Å². The van der Waals surface area contributed by atoms with E-state index in [1.807, 2.05) is 0 Å². The number of ether oxygens (including phenoxy) is 2. The Morgan fingerprint density at radius 3 is 1.44 bits per heavy atom. The molecule has 0 saturated heterocycles. The largest absolute Gasteiger partial charge is 0.378 e. The maximum atomic E-state index is 6.15. The zero-order valence-corrected chi connectivity index (χ0v) is 17.1. The summed E-state index contributed by atoms with van der Waals surface area (Å²) in [6.07, 6.45) is 21.2. The summed E-state index contributed by atoms with van der Waals surface area (Å²) >= 11 is 0. The standard InChI is InChI=1S/C23H44O2/c1-3-5-7-8-9-19-25-23-16-12-21(13-17-23)20-10-14-22(15-11-20)24-18-6-4-2/h20-23H,3-19H2,1-2H3. The van der Waals surface area contributed by atoms with Crippen LogP contribution in [-0.2, 0) is 9.47 Å². The lowest BCUT2D eigenvalue weighted by molar-refractivity contribution is -0.0119. The minimum atomic E-state index is 0.565. The topological polar surface area (TPSA) is 18.5 Å². The van der Waals surface area contributed by atoms with Crippen LogP contribution in [0.25, 0.3) is 0 Å². The molecule has 2 aliphatic carbocycles. The van der Waals surface area contributed by atoms with Crippen molar-refractivity contribution in [3.63, 3.8) is 0 Å². The SMILES string of the molecule is CCCCCCCOC1CCC(C2CCC(OCCCC)CC2)CC1. The fourth-order valence-electron chi connectivity index (χ4n) is 4.80. The number of hydrogen-bond acceptors (Lipinski definition) is 2. The predicted molar refractivity (Wildman–Crippen MR) is 107 cm³/mol. The molecule has 0 heterocycles. The van der Waals surface area contributed by atoms with E-state index in [4.69, 9.17) is 9.47 Å². The number of unbranched alkanes of at least 4 members (excludes halogenated alkanes) is 5. The van der Waals surface area contributed by atoms with Crippen molar-refractivity contribution in [3.05, 3.63) is 0 Å². The van der Waals surface area contributed by atoms with Crippen molar-refractivity contribution < 1.29 is 9.47 Å². The van der Waals surface area contributed by atoms with Crippen molar-refractivity contribution in [1.29, 1.82) is 0 Å². The van der Waals surface area contributed by atoms with Crippen LogP contribution < -0.4 is 0 Å². The van der Waals surface area contributed by atoms with Gasteiger partial charge in [-0.3, -0.25) is 0 Å². The highest BCUT2D eigenvalue weighted by Gasteiger charge is 2.31. The van der Waals surface area contributed by atoms with E-state index in [9.17, 15) is 0 Å². The van der Waals surface area contributed by atoms with E-state index in [0.29, 0.717) is 12.2 Å². The average molecular weight is 353 g/mol. The first-order valence-electron chi connectivity index (χ1n) is 11.6. The normalized spacial score (nSPS) is 30.5. The second-order valence-electron chi connectivity index (χ2n) is 8.58. The van der Waals surface area contributed by atoms with Gasteiger partial charge in [0.1, 0.15) is 0 Å². The van der Waals surface area contributed by atoms with Gasteiger partial charge in [-0.2, -0.15) is 0 Å². The molecule has 0 aromatic heterocycles. The molecule has 2 rings (SSSR count). The quantitative estimate of drug-likeness (QED) is 0.355. The van der Waals surface area contributed by atoms with E-state index in [-0.39, 0.29) is 0 Å². The molecular formula is C23H44O2. The van der Waals surface area contributed by atoms with Gasteiger partial charge in [0.15, 0.2) is 0 Å². The summed E-state index contributed by atoms with van der Waals surface area (Å²) in [7, 11) is 0. The lowest BCUT2D eigenvalue weighted by Gasteiger charge is -2.37. The number of hydrogen-bond donors (Lipinski definition) is 0. The molecule has 0 amide bonds. The van der Waals surface area contributed by atoms with Crippen molar-refractivity contribution in [2.75, 3.05) is 13.2 Å². The molecule has 148 valence electrons. The highest BCUT2D eigenvalue weighted by molar-refractivity contribution is 4.82. The van der Waals surface area contributed by atoms with Crippen molar-refractivity contribution in [2.24, 2.45) is 11.8 Å². The Labute approximate surface area is 157 Å². The molecule has 0 aromatic rings. The minimum Gasteiger partial charge on any atom is -0.378 e. The third-order valence-corrected chi connectivity index (χ3v) is 6.56. The van der Waals surface area contributed by atoms with Gasteiger partial charge in [0.2, 0.25) is 0 Å². The van der Waals surface area contributed by atoms with Gasteiger partial charge in [-0.15, -0.1) is 0 Å². The van der Waals surface area contributed by atoms with Crippen molar-refractivity contribution in [3.8, 4) is 0 Å². The number of rotatable bonds is 12. The van der Waals surface area contributed by atoms with Gasteiger partial charge in [-0.1, -0.05) is 46.0 Å². The van der Waals surface area contributed by atoms with E-state index in [2.05, 4.69) is 13.8 Å². The van der Waals surface area contributed by atoms with Crippen LogP contribution in [0.5, 0.6) is 0 Å². The molecule has 2 aliphatic rings. The summed E-state index contributed by atoms with van der Waals surface area (Å²) in [4.78, 5) is 0. The molecular weight excluding hydrogens is 308 g/mol. The minimum absolute atomic E-state index is 0.565. The third kappa shape index (κ3) is 8.43. The second kappa shape index (κ2) is 13.1. The van der Waals surface area contributed by atoms with E-state index in [0.717, 1.165) is 25.0 Å². The molecule has 0 unspecified atom stereocenters. The molecule has 0 spiro atoms. The fourth-order valence-corrected chi connectivity index (χ4v) is 4.80. The first-order chi connectivity index (χ1) is 12.3. The fraction of sp³-hybridized carbons (Fsp3) is 1.00. The highest BCUT2D eigenvalue weighted by Crippen LogP contribution is 2.39. The maximum Gasteiger partial charge on any atom is 0.0575 e. The lowest BCUT2D eigenvalue weighted by Crippen LogP contribution is -2.30. The molecule has 0 aliphatic heterocycles. The summed E-state index contributed by atoms with van der Waals surface area (Å²) in [6.45, 7) is 6.50. The van der Waals surface area contributed by atoms with Gasteiger partial charge in [0.05, 0.1) is 12.2 Å². The molecule has 25 heavy (non-hydrogen) atoms. The van der Waals surface area contributed by atoms with Crippen LogP contribution >= 0.6 is 0 Å². The Balaban J connectivity index is 1.51. The van der Waals surface area contributed by atoms with E-state index >= 15 is 0 Å². The van der Waals surface area contributed by atoms with Gasteiger partial charge in [-0.25, -0.2) is 0 Å². The Bertz CT molecular complexity index is 301. The molecule has 2 nitrogen and oxygen atoms in total. The van der Waals surface area contributed by atoms with E-state index in [1.54, 1.807) is 0 Å². The second-order valence-corrected chi connectivity index (χ2v) is 8.58. The molecule has 0 aromatic carbocycles. The lowest BCUT2D eigenvalue weighted by atomic mass is 9.72. The van der Waals surface area contributed by atoms with Crippen LogP contribution in [0.4, 0.5) is 0 Å². The summed E-state index contributed by atoms with van der Waals surface area (Å²) < 4.78 is 12.2. The van der Waals surface area contributed by atoms with Gasteiger partial charge in [0, 0.05) is 13.2 Å². The van der Waals surface area contributed by atoms with Gasteiger partial charge in [0.25, 0.3) is 0 Å². The monoisotopic (exact) mass is 352 g/mol. The summed E-state index contributed by atoms with van der Waals surface area (Å²) in [6, 6.07) is 0. The molecule has 2 fully saturated rings. The first-order valence-corrected chi connectivity index (χ1v) is 11.6. The van der Waals surface area contributed by atoms with Crippen LogP contribution in [-0.4, -0.2) is 25.4 Å². The Morgan fingerprint density at radius 2 is 0.960 bits per heavy atom. The summed E-state index contributed by atoms with van der Waals surface area (Å²) in [5.74, 6) is 1.95. The molecule has 0 atom stereocenters. The van der Waals surface area contributed by atoms with Crippen LogP contribution in [0, 0.1) is 11.8 Å². The average Bonchev–Trinajstić information content (AvgIpc) is 2.66. The molecule has 2 heteroatoms. The van der Waals surface area contributed by atoms with Gasteiger partial charge in [-0.05, 0) is 76.0 Å². The highest BCUT2D eigenvalue weighted by atomic mass is 16.5. The zero-order valence-electron chi connectivity index (χ0n) is 17.1. The van der Waals surface area contributed by atoms with E-state index < -0.39 is 0 Å². The van der Waals surface area contributed by atoms with Crippen LogP contribution in [0.3, 0.4) is 0 Å². The molecule has 0 radical (unpaired) electrons. The van der Waals surface area contributed by atoms with E-state index in [1.165, 1.54) is 96.3 Å². The zero-order chi connectivity index (χ0) is 17.7. The van der Waals surface area contributed by atoms with Crippen molar-refractivity contribution in [2.45, 2.75) is 122 Å². The predicted octanol–water partition coefficient (Wildman–Crippen LogP) is 6.91. The van der Waals surface area contributed by atoms with Gasteiger partial charge >= 0.3 is 0 Å². The first kappa shape index (κ1) is 21.2. The maximum absolute atomic E-state index is 6.15. The smallest absolute Gasteiger partial charge is 0.0575 e. The Kier molecular flexibility index (Phi) is 11.2. The van der Waals surface area contributed by atoms with Crippen LogP contribution in [0.15, 0.2) is 0 Å². The van der Waals surface area contributed by atoms with Crippen LogP contribution in [0.1, 0.15) is 110 Å². The van der Waals surface area contributed by atoms with Crippen molar-refractivity contribution >= 4 is 0 Å². The molecule has 0 N–H and O–H groups in total. The third-order valence-electron chi connectivity index (χ3n) is 6.56. The Morgan fingerprint density at radius 1 is 0.520 bits per heavy atom. The summed E-state index contributed by atoms with van der Waals surface area (Å²) in [5, 5.41) is 0. The molecule has 2 saturated carbocycles. The van der Waals surface area contributed by atoms with Gasteiger partial charge < -0.3 is 9.47 Å². The molecule has 0 bridgehead atoms. The van der Waals surface area contributed by atoms with Crippen LogP contribution in [0.2, 0.25) is 0 Å². The summed E-state index contributed by atoms with van der Waals surface area (Å²) in [5.41, 5.74) is 0. The Hall–Kier alpha value is -0.0800.